The van der Waals surface area contributed by atoms with E-state index in [0.29, 0.717) is 25.3 Å². The monoisotopic (exact) mass is 445 g/mol. The molecule has 0 aliphatic carbocycles. The summed E-state index contributed by atoms with van der Waals surface area (Å²) in [4.78, 5) is 31.3. The van der Waals surface area contributed by atoms with Crippen molar-refractivity contribution in [2.24, 2.45) is 5.92 Å². The number of carbonyl (C=O) groups excluding carboxylic acids is 2. The number of rotatable bonds is 7. The van der Waals surface area contributed by atoms with E-state index in [9.17, 15) is 9.59 Å². The van der Waals surface area contributed by atoms with Crippen molar-refractivity contribution in [3.8, 4) is 5.75 Å². The second-order valence-electron chi connectivity index (χ2n) is 8.66. The molecule has 3 aromatic rings. The Bertz CT molecular complexity index is 1160. The summed E-state index contributed by atoms with van der Waals surface area (Å²) >= 11 is 0. The van der Waals surface area contributed by atoms with Crippen LogP contribution in [-0.4, -0.2) is 47.4 Å². The van der Waals surface area contributed by atoms with Crippen LogP contribution in [0.15, 0.2) is 60.8 Å². The molecule has 6 heteroatoms. The molecule has 1 unspecified atom stereocenters. The van der Waals surface area contributed by atoms with Crippen LogP contribution in [0.4, 0.5) is 0 Å². The van der Waals surface area contributed by atoms with E-state index in [0.717, 1.165) is 17.7 Å². The van der Waals surface area contributed by atoms with Crippen LogP contribution in [0.3, 0.4) is 0 Å². The van der Waals surface area contributed by atoms with Crippen LogP contribution in [0.2, 0.25) is 0 Å². The number of nitrogens with one attached hydrogen (secondary N) is 2. The molecule has 6 nitrogen and oxygen atoms in total. The molecule has 33 heavy (non-hydrogen) atoms. The minimum absolute atomic E-state index is 0.0249. The summed E-state index contributed by atoms with van der Waals surface area (Å²) in [7, 11) is 0. The first kappa shape index (κ1) is 22.6. The topological polar surface area (TPSA) is 74.4 Å². The molecule has 2 aromatic carbocycles. The summed E-state index contributed by atoms with van der Waals surface area (Å²) in [5, 5.41) is 4.15. The van der Waals surface area contributed by atoms with Crippen LogP contribution in [-0.2, 0) is 4.79 Å². The molecule has 0 saturated heterocycles. The number of aromatic amines is 1. The lowest BCUT2D eigenvalue weighted by atomic mass is 9.97. The number of carbonyl (C=O) groups is 2. The van der Waals surface area contributed by atoms with E-state index in [4.69, 9.17) is 4.74 Å². The number of para-hydroxylation sites is 1. The highest BCUT2D eigenvalue weighted by molar-refractivity contribution is 5.98. The number of fused-ring (bicyclic) bond motifs is 1. The lowest BCUT2D eigenvalue weighted by Crippen LogP contribution is -2.52. The molecular weight excluding hydrogens is 414 g/mol. The second-order valence-corrected chi connectivity index (χ2v) is 8.66. The molecule has 4 rings (SSSR count). The minimum Gasteiger partial charge on any atom is -0.494 e. The number of nitrogens with zero attached hydrogens (tertiary/aromatic N) is 1. The normalized spacial score (nSPS) is 14.8. The second kappa shape index (κ2) is 9.94. The third-order valence-corrected chi connectivity index (χ3v) is 6.10. The van der Waals surface area contributed by atoms with Crippen molar-refractivity contribution in [1.29, 1.82) is 0 Å². The lowest BCUT2D eigenvalue weighted by Gasteiger charge is -2.32. The molecular formula is C27H31N3O3. The highest BCUT2D eigenvalue weighted by atomic mass is 16.5. The van der Waals surface area contributed by atoms with Gasteiger partial charge < -0.3 is 19.9 Å². The summed E-state index contributed by atoms with van der Waals surface area (Å²) in [6, 6.07) is 14.7. The summed E-state index contributed by atoms with van der Waals surface area (Å²) in [6.07, 6.45) is 4.95. The fraction of sp³-hybridized carbons (Fsp3) is 0.333. The molecule has 0 bridgehead atoms. The number of aromatic nitrogens is 1. The lowest BCUT2D eigenvalue weighted by molar-refractivity contribution is -0.133. The zero-order chi connectivity index (χ0) is 23.4. The van der Waals surface area contributed by atoms with E-state index in [2.05, 4.69) is 28.5 Å². The van der Waals surface area contributed by atoms with Gasteiger partial charge in [-0.15, -0.1) is 0 Å². The van der Waals surface area contributed by atoms with Crippen molar-refractivity contribution in [2.75, 3.05) is 19.7 Å². The smallest absolute Gasteiger partial charge is 0.251 e. The Kier molecular flexibility index (Phi) is 6.82. The first-order valence-corrected chi connectivity index (χ1v) is 11.6. The van der Waals surface area contributed by atoms with E-state index in [1.54, 1.807) is 24.3 Å². The van der Waals surface area contributed by atoms with Gasteiger partial charge in [0.15, 0.2) is 0 Å². The predicted molar refractivity (Wildman–Crippen MR) is 131 cm³/mol. The summed E-state index contributed by atoms with van der Waals surface area (Å²) in [5.74, 6) is 0.399. The van der Waals surface area contributed by atoms with Gasteiger partial charge in [0.05, 0.1) is 6.61 Å². The van der Waals surface area contributed by atoms with Crippen LogP contribution >= 0.6 is 0 Å². The highest BCUT2D eigenvalue weighted by Crippen LogP contribution is 2.29. The maximum atomic E-state index is 13.3. The van der Waals surface area contributed by atoms with Gasteiger partial charge in [-0.1, -0.05) is 38.1 Å². The minimum atomic E-state index is -0.577. The van der Waals surface area contributed by atoms with Gasteiger partial charge in [-0.3, -0.25) is 9.59 Å². The quantitative estimate of drug-likeness (QED) is 0.557. The van der Waals surface area contributed by atoms with E-state index in [1.165, 1.54) is 16.5 Å². The molecule has 1 aliphatic heterocycles. The predicted octanol–water partition coefficient (Wildman–Crippen LogP) is 4.64. The fourth-order valence-corrected chi connectivity index (χ4v) is 4.26. The Morgan fingerprint density at radius 2 is 1.88 bits per heavy atom. The largest absolute Gasteiger partial charge is 0.494 e. The zero-order valence-corrected chi connectivity index (χ0v) is 19.4. The van der Waals surface area contributed by atoms with Gasteiger partial charge in [-0.25, -0.2) is 0 Å². The van der Waals surface area contributed by atoms with Crippen molar-refractivity contribution in [2.45, 2.75) is 33.2 Å². The summed E-state index contributed by atoms with van der Waals surface area (Å²) in [5.41, 5.74) is 4.07. The van der Waals surface area contributed by atoms with E-state index < -0.39 is 6.04 Å². The van der Waals surface area contributed by atoms with Gasteiger partial charge in [-0.05, 0) is 55.2 Å². The number of ether oxygens (including phenoxy) is 1. The third kappa shape index (κ3) is 4.95. The van der Waals surface area contributed by atoms with E-state index in [-0.39, 0.29) is 17.7 Å². The van der Waals surface area contributed by atoms with Crippen LogP contribution in [0.5, 0.6) is 5.75 Å². The molecule has 1 aromatic heterocycles. The molecule has 1 aliphatic rings. The molecule has 0 spiro atoms. The van der Waals surface area contributed by atoms with Crippen molar-refractivity contribution in [3.05, 3.63) is 71.9 Å². The SMILES string of the molecule is CCOc1ccc(C(=O)NC(C(=O)N2CC=C(c3c[nH]c4ccccc34)CC2)C(C)C)cc1. The molecule has 172 valence electrons. The van der Waals surface area contributed by atoms with E-state index >= 15 is 0 Å². The Morgan fingerprint density at radius 3 is 2.55 bits per heavy atom. The highest BCUT2D eigenvalue weighted by Gasteiger charge is 2.30. The number of benzene rings is 2. The molecule has 0 fully saturated rings. The Hall–Kier alpha value is -3.54. The average Bonchev–Trinajstić information content (AvgIpc) is 3.27. The van der Waals surface area contributed by atoms with Gasteiger partial charge >= 0.3 is 0 Å². The van der Waals surface area contributed by atoms with Crippen molar-refractivity contribution in [1.82, 2.24) is 15.2 Å². The van der Waals surface area contributed by atoms with E-state index in [1.807, 2.05) is 44.0 Å². The number of H-pyrrole nitrogens is 1. The standard InChI is InChI=1S/C27H31N3O3/c1-4-33-21-11-9-20(10-12-21)26(31)29-25(18(2)3)27(32)30-15-13-19(14-16-30)23-17-28-24-8-6-5-7-22(23)24/h5-13,17-18,25,28H,4,14-16H2,1-3H3,(H,29,31). The van der Waals surface area contributed by atoms with Crippen LogP contribution in [0, 0.1) is 5.92 Å². The molecule has 0 saturated carbocycles. The third-order valence-electron chi connectivity index (χ3n) is 6.10. The van der Waals surface area contributed by atoms with Gasteiger partial charge in [0, 0.05) is 41.3 Å². The van der Waals surface area contributed by atoms with Gasteiger partial charge in [-0.2, -0.15) is 0 Å². The van der Waals surface area contributed by atoms with Gasteiger partial charge in [0.25, 0.3) is 5.91 Å². The molecule has 2 amide bonds. The number of hydrogen-bond donors (Lipinski definition) is 2. The Balaban J connectivity index is 1.43. The molecule has 1 atom stereocenters. The van der Waals surface area contributed by atoms with Crippen LogP contribution in [0.25, 0.3) is 16.5 Å². The van der Waals surface area contributed by atoms with Gasteiger partial charge in [0.1, 0.15) is 11.8 Å². The Morgan fingerprint density at radius 1 is 1.12 bits per heavy atom. The van der Waals surface area contributed by atoms with Crippen molar-refractivity contribution >= 4 is 28.3 Å². The molecule has 2 heterocycles. The van der Waals surface area contributed by atoms with Crippen molar-refractivity contribution < 1.29 is 14.3 Å². The van der Waals surface area contributed by atoms with Crippen LogP contribution < -0.4 is 10.1 Å². The first-order valence-electron chi connectivity index (χ1n) is 11.6. The molecule has 2 N–H and O–H groups in total. The van der Waals surface area contributed by atoms with Gasteiger partial charge in [0.2, 0.25) is 5.91 Å². The fourth-order valence-electron chi connectivity index (χ4n) is 4.26. The first-order chi connectivity index (χ1) is 16.0. The Labute approximate surface area is 194 Å². The summed E-state index contributed by atoms with van der Waals surface area (Å²) < 4.78 is 5.44. The summed E-state index contributed by atoms with van der Waals surface area (Å²) in [6.45, 7) is 7.57. The number of hydrogen-bond acceptors (Lipinski definition) is 3. The zero-order valence-electron chi connectivity index (χ0n) is 19.4. The maximum absolute atomic E-state index is 13.3. The van der Waals surface area contributed by atoms with Crippen molar-refractivity contribution in [3.63, 3.8) is 0 Å². The number of amides is 2. The average molecular weight is 446 g/mol. The maximum Gasteiger partial charge on any atom is 0.251 e. The molecule has 0 radical (unpaired) electrons. The van der Waals surface area contributed by atoms with Crippen LogP contribution in [0.1, 0.15) is 43.1 Å².